The number of para-hydroxylation sites is 1. The van der Waals surface area contributed by atoms with Crippen LogP contribution in [-0.4, -0.2) is 32.5 Å². The van der Waals surface area contributed by atoms with Crippen LogP contribution in [0.2, 0.25) is 5.02 Å². The molecule has 26 heavy (non-hydrogen) atoms. The molecule has 1 fully saturated rings. The number of hydrogen-bond donors (Lipinski definition) is 1. The Morgan fingerprint density at radius 2 is 2.08 bits per heavy atom. The van der Waals surface area contributed by atoms with Crippen LogP contribution < -0.4 is 10.1 Å². The third-order valence-corrected chi connectivity index (χ3v) is 5.75. The van der Waals surface area contributed by atoms with E-state index in [1.165, 1.54) is 31.0 Å². The van der Waals surface area contributed by atoms with Crippen LogP contribution in [0.3, 0.4) is 0 Å². The normalized spacial score (nSPS) is 15.0. The second kappa shape index (κ2) is 9.28. The van der Waals surface area contributed by atoms with E-state index in [0.717, 1.165) is 12.8 Å². The van der Waals surface area contributed by atoms with Crippen molar-refractivity contribution in [1.29, 1.82) is 0 Å². The van der Waals surface area contributed by atoms with Gasteiger partial charge in [0.25, 0.3) is 0 Å². The summed E-state index contributed by atoms with van der Waals surface area (Å²) in [6.45, 7) is 0.266. The lowest BCUT2D eigenvalue weighted by molar-refractivity contribution is -0.119. The Bertz CT molecular complexity index is 747. The highest BCUT2D eigenvalue weighted by atomic mass is 35.5. The average molecular weight is 395 g/mol. The zero-order valence-electron chi connectivity index (χ0n) is 14.8. The molecule has 0 radical (unpaired) electrons. The van der Waals surface area contributed by atoms with Crippen molar-refractivity contribution in [2.75, 3.05) is 5.75 Å². The molecule has 1 aromatic carbocycles. The van der Waals surface area contributed by atoms with Crippen LogP contribution in [-0.2, 0) is 18.4 Å². The molecule has 1 heterocycles. The number of halogens is 1. The monoisotopic (exact) mass is 394 g/mol. The zero-order chi connectivity index (χ0) is 18.4. The Morgan fingerprint density at radius 1 is 1.31 bits per heavy atom. The summed E-state index contributed by atoms with van der Waals surface area (Å²) in [5.41, 5.74) is 0. The summed E-state index contributed by atoms with van der Waals surface area (Å²) in [4.78, 5) is 12.1. The van der Waals surface area contributed by atoms with Crippen LogP contribution in [0.25, 0.3) is 0 Å². The van der Waals surface area contributed by atoms with Gasteiger partial charge in [-0.25, -0.2) is 0 Å². The molecule has 0 atom stereocenters. The van der Waals surface area contributed by atoms with Gasteiger partial charge in [0.2, 0.25) is 5.91 Å². The van der Waals surface area contributed by atoms with Gasteiger partial charge in [0.05, 0.1) is 10.8 Å². The van der Waals surface area contributed by atoms with Gasteiger partial charge < -0.3 is 14.6 Å². The molecular weight excluding hydrogens is 372 g/mol. The van der Waals surface area contributed by atoms with Crippen molar-refractivity contribution in [3.8, 4) is 5.75 Å². The van der Waals surface area contributed by atoms with E-state index >= 15 is 0 Å². The quantitative estimate of drug-likeness (QED) is 0.727. The molecule has 1 saturated carbocycles. The second-order valence-electron chi connectivity index (χ2n) is 6.37. The highest BCUT2D eigenvalue weighted by Crippen LogP contribution is 2.24. The predicted octanol–water partition coefficient (Wildman–Crippen LogP) is 3.59. The summed E-state index contributed by atoms with van der Waals surface area (Å²) in [5.74, 6) is 1.69. The van der Waals surface area contributed by atoms with E-state index < -0.39 is 0 Å². The summed E-state index contributed by atoms with van der Waals surface area (Å²) >= 11 is 7.47. The summed E-state index contributed by atoms with van der Waals surface area (Å²) in [6.07, 6.45) is 5.86. The number of carbonyl (C=O) groups excluding carboxylic acids is 1. The van der Waals surface area contributed by atoms with Crippen molar-refractivity contribution in [3.05, 3.63) is 35.1 Å². The zero-order valence-corrected chi connectivity index (χ0v) is 16.4. The molecule has 1 aliphatic carbocycles. The van der Waals surface area contributed by atoms with Crippen LogP contribution in [0.15, 0.2) is 29.4 Å². The maximum atomic E-state index is 12.1. The fourth-order valence-electron chi connectivity index (χ4n) is 2.95. The van der Waals surface area contributed by atoms with E-state index in [1.54, 1.807) is 6.07 Å². The molecule has 3 rings (SSSR count). The molecule has 1 amide bonds. The van der Waals surface area contributed by atoms with Gasteiger partial charge in [0, 0.05) is 13.1 Å². The molecule has 0 saturated heterocycles. The Hall–Kier alpha value is -1.73. The first kappa shape index (κ1) is 19.0. The number of hydrogen-bond acceptors (Lipinski definition) is 5. The van der Waals surface area contributed by atoms with Gasteiger partial charge >= 0.3 is 0 Å². The molecule has 1 N–H and O–H groups in total. The van der Waals surface area contributed by atoms with E-state index in [2.05, 4.69) is 15.5 Å². The minimum absolute atomic E-state index is 0.0544. The van der Waals surface area contributed by atoms with Gasteiger partial charge in [-0.05, 0) is 25.0 Å². The van der Waals surface area contributed by atoms with E-state index in [4.69, 9.17) is 16.3 Å². The standard InChI is InChI=1S/C18H23ClN4O2S/c1-23-16(11-25-15-10-6-5-9-14(15)19)21-22-18(23)26-12-17(24)20-13-7-3-2-4-8-13/h5-6,9-10,13H,2-4,7-8,11-12H2,1H3,(H,20,24). The predicted molar refractivity (Wildman–Crippen MR) is 103 cm³/mol. The lowest BCUT2D eigenvalue weighted by Gasteiger charge is -2.22. The summed E-state index contributed by atoms with van der Waals surface area (Å²) in [5, 5.41) is 12.7. The number of nitrogens with one attached hydrogen (secondary N) is 1. The summed E-state index contributed by atoms with van der Waals surface area (Å²) in [6, 6.07) is 7.63. The van der Waals surface area contributed by atoms with E-state index in [1.807, 2.05) is 29.8 Å². The van der Waals surface area contributed by atoms with Crippen LogP contribution in [0.1, 0.15) is 37.9 Å². The van der Waals surface area contributed by atoms with Crippen molar-refractivity contribution in [2.24, 2.45) is 7.05 Å². The lowest BCUT2D eigenvalue weighted by Crippen LogP contribution is -2.37. The number of thioether (sulfide) groups is 1. The van der Waals surface area contributed by atoms with Gasteiger partial charge in [-0.3, -0.25) is 4.79 Å². The van der Waals surface area contributed by atoms with E-state index in [-0.39, 0.29) is 12.5 Å². The van der Waals surface area contributed by atoms with Crippen LogP contribution in [0.4, 0.5) is 0 Å². The third-order valence-electron chi connectivity index (χ3n) is 4.42. The Balaban J connectivity index is 1.49. The lowest BCUT2D eigenvalue weighted by atomic mass is 9.95. The van der Waals surface area contributed by atoms with Crippen LogP contribution in [0, 0.1) is 0 Å². The maximum absolute atomic E-state index is 12.1. The molecule has 0 spiro atoms. The fraction of sp³-hybridized carbons (Fsp3) is 0.500. The van der Waals surface area contributed by atoms with Gasteiger partial charge in [0.1, 0.15) is 12.4 Å². The van der Waals surface area contributed by atoms with Gasteiger partial charge in [0.15, 0.2) is 11.0 Å². The number of benzene rings is 1. The SMILES string of the molecule is Cn1c(COc2ccccc2Cl)nnc1SCC(=O)NC1CCCCC1. The molecule has 0 aliphatic heterocycles. The van der Waals surface area contributed by atoms with Crippen molar-refractivity contribution in [1.82, 2.24) is 20.1 Å². The van der Waals surface area contributed by atoms with Crippen LogP contribution in [0.5, 0.6) is 5.75 Å². The Morgan fingerprint density at radius 3 is 2.85 bits per heavy atom. The number of aromatic nitrogens is 3. The van der Waals surface area contributed by atoms with Crippen LogP contribution >= 0.6 is 23.4 Å². The highest BCUT2D eigenvalue weighted by Gasteiger charge is 2.17. The maximum Gasteiger partial charge on any atom is 0.230 e. The number of carbonyl (C=O) groups is 1. The molecule has 6 nitrogen and oxygen atoms in total. The van der Waals surface area contributed by atoms with Crippen molar-refractivity contribution < 1.29 is 9.53 Å². The smallest absolute Gasteiger partial charge is 0.230 e. The molecule has 1 aliphatic rings. The first-order valence-electron chi connectivity index (χ1n) is 8.81. The largest absolute Gasteiger partial charge is 0.484 e. The summed E-state index contributed by atoms with van der Waals surface area (Å²) < 4.78 is 7.54. The van der Waals surface area contributed by atoms with Gasteiger partial charge in [-0.2, -0.15) is 0 Å². The second-order valence-corrected chi connectivity index (χ2v) is 7.72. The fourth-order valence-corrected chi connectivity index (χ4v) is 3.88. The first-order chi connectivity index (χ1) is 12.6. The topological polar surface area (TPSA) is 69.0 Å². The molecule has 1 aromatic heterocycles. The average Bonchev–Trinajstić information content (AvgIpc) is 3.00. The molecule has 2 aromatic rings. The van der Waals surface area contributed by atoms with Crippen molar-refractivity contribution >= 4 is 29.3 Å². The first-order valence-corrected chi connectivity index (χ1v) is 10.2. The Kier molecular flexibility index (Phi) is 6.80. The van der Waals surface area contributed by atoms with Gasteiger partial charge in [-0.15, -0.1) is 10.2 Å². The molecule has 0 unspecified atom stereocenters. The number of rotatable bonds is 7. The number of ether oxygens (including phenoxy) is 1. The molecular formula is C18H23ClN4O2S. The van der Waals surface area contributed by atoms with Gasteiger partial charge in [-0.1, -0.05) is 54.8 Å². The third kappa shape index (κ3) is 5.14. The molecule has 140 valence electrons. The summed E-state index contributed by atoms with van der Waals surface area (Å²) in [7, 11) is 1.87. The minimum atomic E-state index is 0.0544. The van der Waals surface area contributed by atoms with E-state index in [0.29, 0.717) is 33.5 Å². The van der Waals surface area contributed by atoms with Crippen molar-refractivity contribution in [2.45, 2.75) is 49.9 Å². The highest BCUT2D eigenvalue weighted by molar-refractivity contribution is 7.99. The Labute approximate surface area is 162 Å². The molecule has 8 heteroatoms. The number of amides is 1. The van der Waals surface area contributed by atoms with Crippen molar-refractivity contribution in [3.63, 3.8) is 0 Å². The minimum Gasteiger partial charge on any atom is -0.484 e. The molecule has 0 bridgehead atoms. The van der Waals surface area contributed by atoms with E-state index in [9.17, 15) is 4.79 Å². The number of nitrogens with zero attached hydrogens (tertiary/aromatic N) is 3.